The highest BCUT2D eigenvalue weighted by molar-refractivity contribution is 9.10. The van der Waals surface area contributed by atoms with Crippen molar-refractivity contribution in [3.63, 3.8) is 0 Å². The predicted octanol–water partition coefficient (Wildman–Crippen LogP) is 4.55. The number of nitrogens with two attached hydrogens (primary N) is 1. The third-order valence-electron chi connectivity index (χ3n) is 4.08. The summed E-state index contributed by atoms with van der Waals surface area (Å²) in [6.07, 6.45) is 4.17. The van der Waals surface area contributed by atoms with Gasteiger partial charge in [0.05, 0.1) is 4.47 Å². The molecule has 1 aliphatic rings. The maximum Gasteiger partial charge on any atom is 0.145 e. The van der Waals surface area contributed by atoms with E-state index in [1.54, 1.807) is 0 Å². The Morgan fingerprint density at radius 2 is 2.11 bits per heavy atom. The minimum atomic E-state index is -0.553. The highest BCUT2D eigenvalue weighted by Crippen LogP contribution is 2.41. The van der Waals surface area contributed by atoms with Crippen LogP contribution in [0, 0.1) is 23.5 Å². The van der Waals surface area contributed by atoms with E-state index in [-0.39, 0.29) is 16.0 Å². The van der Waals surface area contributed by atoms with Crippen LogP contribution in [0.3, 0.4) is 0 Å². The SMILES string of the molecule is CCC1CCC(C(N)c2c(F)ccc(Br)c2F)C1. The van der Waals surface area contributed by atoms with Gasteiger partial charge in [-0.1, -0.05) is 19.8 Å². The average molecular weight is 318 g/mol. The fraction of sp³-hybridized carbons (Fsp3) is 0.571. The van der Waals surface area contributed by atoms with Crippen LogP contribution in [0.1, 0.15) is 44.2 Å². The summed E-state index contributed by atoms with van der Waals surface area (Å²) in [5.41, 5.74) is 6.12. The van der Waals surface area contributed by atoms with Gasteiger partial charge in [-0.15, -0.1) is 0 Å². The maximum absolute atomic E-state index is 14.0. The summed E-state index contributed by atoms with van der Waals surface area (Å²) in [5.74, 6) is -0.252. The molecule has 0 spiro atoms. The molecule has 18 heavy (non-hydrogen) atoms. The highest BCUT2D eigenvalue weighted by Gasteiger charge is 2.32. The molecular formula is C14H18BrF2N. The number of hydrogen-bond acceptors (Lipinski definition) is 1. The van der Waals surface area contributed by atoms with Gasteiger partial charge < -0.3 is 5.73 Å². The van der Waals surface area contributed by atoms with Crippen LogP contribution in [-0.4, -0.2) is 0 Å². The van der Waals surface area contributed by atoms with Gasteiger partial charge in [0, 0.05) is 11.6 Å². The van der Waals surface area contributed by atoms with Crippen molar-refractivity contribution in [2.75, 3.05) is 0 Å². The Hall–Kier alpha value is -0.480. The summed E-state index contributed by atoms with van der Waals surface area (Å²) in [4.78, 5) is 0. The smallest absolute Gasteiger partial charge is 0.145 e. The van der Waals surface area contributed by atoms with Crippen molar-refractivity contribution in [3.8, 4) is 0 Å². The number of halogens is 3. The van der Waals surface area contributed by atoms with E-state index in [9.17, 15) is 8.78 Å². The molecule has 0 amide bonds. The molecule has 0 radical (unpaired) electrons. The lowest BCUT2D eigenvalue weighted by Crippen LogP contribution is -2.22. The summed E-state index contributed by atoms with van der Waals surface area (Å²) in [5, 5.41) is 0. The zero-order valence-electron chi connectivity index (χ0n) is 10.4. The normalized spacial score (nSPS) is 25.4. The predicted molar refractivity (Wildman–Crippen MR) is 72.1 cm³/mol. The van der Waals surface area contributed by atoms with Gasteiger partial charge >= 0.3 is 0 Å². The van der Waals surface area contributed by atoms with Gasteiger partial charge in [-0.05, 0) is 52.7 Å². The van der Waals surface area contributed by atoms with Crippen molar-refractivity contribution < 1.29 is 8.78 Å². The van der Waals surface area contributed by atoms with Gasteiger partial charge in [0.1, 0.15) is 11.6 Å². The van der Waals surface area contributed by atoms with Crippen molar-refractivity contribution in [2.45, 2.75) is 38.6 Å². The van der Waals surface area contributed by atoms with E-state index in [2.05, 4.69) is 22.9 Å². The molecule has 2 N–H and O–H groups in total. The molecule has 1 fully saturated rings. The third kappa shape index (κ3) is 2.59. The van der Waals surface area contributed by atoms with Crippen LogP contribution >= 0.6 is 15.9 Å². The second kappa shape index (κ2) is 5.66. The topological polar surface area (TPSA) is 26.0 Å². The summed E-state index contributed by atoms with van der Waals surface area (Å²) in [7, 11) is 0. The lowest BCUT2D eigenvalue weighted by molar-refractivity contribution is 0.391. The molecule has 1 aromatic rings. The molecule has 1 saturated carbocycles. The van der Waals surface area contributed by atoms with Crippen LogP contribution in [0.25, 0.3) is 0 Å². The molecule has 0 heterocycles. The summed E-state index contributed by atoms with van der Waals surface area (Å²) >= 11 is 3.09. The Labute approximate surface area is 115 Å². The molecule has 0 saturated heterocycles. The minimum Gasteiger partial charge on any atom is -0.324 e. The molecule has 3 atom stereocenters. The number of hydrogen-bond donors (Lipinski definition) is 1. The lowest BCUT2D eigenvalue weighted by Gasteiger charge is -2.21. The molecule has 3 unspecified atom stereocenters. The Morgan fingerprint density at radius 1 is 1.39 bits per heavy atom. The molecule has 1 nitrogen and oxygen atoms in total. The Kier molecular flexibility index (Phi) is 4.38. The van der Waals surface area contributed by atoms with Gasteiger partial charge in [-0.2, -0.15) is 0 Å². The van der Waals surface area contributed by atoms with E-state index >= 15 is 0 Å². The van der Waals surface area contributed by atoms with Gasteiger partial charge in [-0.3, -0.25) is 0 Å². The Balaban J connectivity index is 2.24. The van der Waals surface area contributed by atoms with Gasteiger partial charge in [0.15, 0.2) is 0 Å². The second-order valence-corrected chi connectivity index (χ2v) is 5.98. The Morgan fingerprint density at radius 3 is 2.72 bits per heavy atom. The van der Waals surface area contributed by atoms with Crippen LogP contribution in [0.5, 0.6) is 0 Å². The highest BCUT2D eigenvalue weighted by atomic mass is 79.9. The summed E-state index contributed by atoms with van der Waals surface area (Å²) in [6, 6.07) is 2.11. The first-order valence-corrected chi connectivity index (χ1v) is 7.22. The van der Waals surface area contributed by atoms with Gasteiger partial charge in [0.25, 0.3) is 0 Å². The van der Waals surface area contributed by atoms with Crippen LogP contribution in [0.4, 0.5) is 8.78 Å². The monoisotopic (exact) mass is 317 g/mol. The molecule has 0 bridgehead atoms. The number of rotatable bonds is 3. The largest absolute Gasteiger partial charge is 0.324 e. The van der Waals surface area contributed by atoms with Gasteiger partial charge in [-0.25, -0.2) is 8.78 Å². The summed E-state index contributed by atoms with van der Waals surface area (Å²) in [6.45, 7) is 2.15. The van der Waals surface area contributed by atoms with Crippen LogP contribution in [0.15, 0.2) is 16.6 Å². The fourth-order valence-corrected chi connectivity index (χ4v) is 3.24. The first kappa shape index (κ1) is 13.9. The van der Waals surface area contributed by atoms with E-state index in [0.717, 1.165) is 25.7 Å². The van der Waals surface area contributed by atoms with Crippen LogP contribution in [0.2, 0.25) is 0 Å². The fourth-order valence-electron chi connectivity index (χ4n) is 2.89. The van der Waals surface area contributed by atoms with Crippen molar-refractivity contribution in [2.24, 2.45) is 17.6 Å². The van der Waals surface area contributed by atoms with E-state index < -0.39 is 17.7 Å². The van der Waals surface area contributed by atoms with Crippen LogP contribution < -0.4 is 5.73 Å². The quantitative estimate of drug-likeness (QED) is 0.813. The molecule has 0 aliphatic heterocycles. The van der Waals surface area contributed by atoms with Crippen molar-refractivity contribution in [3.05, 3.63) is 33.8 Å². The molecule has 0 aromatic heterocycles. The van der Waals surface area contributed by atoms with Gasteiger partial charge in [0.2, 0.25) is 0 Å². The first-order chi connectivity index (χ1) is 8.54. The van der Waals surface area contributed by atoms with E-state index in [1.807, 2.05) is 0 Å². The Bertz CT molecular complexity index is 436. The first-order valence-electron chi connectivity index (χ1n) is 6.43. The van der Waals surface area contributed by atoms with Crippen molar-refractivity contribution >= 4 is 15.9 Å². The van der Waals surface area contributed by atoms with E-state index in [1.165, 1.54) is 12.1 Å². The van der Waals surface area contributed by atoms with E-state index in [4.69, 9.17) is 5.73 Å². The minimum absolute atomic E-state index is 0.0335. The zero-order chi connectivity index (χ0) is 13.3. The summed E-state index contributed by atoms with van der Waals surface area (Å²) < 4.78 is 28.0. The van der Waals surface area contributed by atoms with Crippen molar-refractivity contribution in [1.29, 1.82) is 0 Å². The molecule has 100 valence electrons. The standard InChI is InChI=1S/C14H18BrF2N/c1-2-8-3-4-9(7-8)14(18)12-11(16)6-5-10(15)13(12)17/h5-6,8-9,14H,2-4,7,18H2,1H3. The molecular weight excluding hydrogens is 300 g/mol. The zero-order valence-corrected chi connectivity index (χ0v) is 12.0. The second-order valence-electron chi connectivity index (χ2n) is 5.13. The average Bonchev–Trinajstić information content (AvgIpc) is 2.83. The lowest BCUT2D eigenvalue weighted by atomic mass is 9.90. The van der Waals surface area contributed by atoms with Crippen LogP contribution in [-0.2, 0) is 0 Å². The molecule has 1 aliphatic carbocycles. The third-order valence-corrected chi connectivity index (χ3v) is 4.69. The van der Waals surface area contributed by atoms with Crippen molar-refractivity contribution in [1.82, 2.24) is 0 Å². The molecule has 1 aromatic carbocycles. The number of benzene rings is 1. The van der Waals surface area contributed by atoms with E-state index in [0.29, 0.717) is 5.92 Å². The molecule has 2 rings (SSSR count). The molecule has 4 heteroatoms. The maximum atomic E-state index is 14.0.